The summed E-state index contributed by atoms with van der Waals surface area (Å²) < 4.78 is 3.21. The Labute approximate surface area is 161 Å². The lowest BCUT2D eigenvalue weighted by atomic mass is 10.4. The zero-order valence-corrected chi connectivity index (χ0v) is 17.9. The zero-order valence-electron chi connectivity index (χ0n) is 13.1. The molecule has 0 aliphatic carbocycles. The summed E-state index contributed by atoms with van der Waals surface area (Å²) in [7, 11) is 5.89. The second-order valence-electron chi connectivity index (χ2n) is 4.88. The van der Waals surface area contributed by atoms with Crippen molar-refractivity contribution in [1.29, 1.82) is 0 Å². The van der Waals surface area contributed by atoms with Crippen LogP contribution in [0, 0.1) is 6.92 Å². The van der Waals surface area contributed by atoms with E-state index in [4.69, 9.17) is 0 Å². The Morgan fingerprint density at radius 3 is 2.77 bits per heavy atom. The number of aromatic nitrogens is 2. The number of halogens is 2. The van der Waals surface area contributed by atoms with E-state index >= 15 is 0 Å². The summed E-state index contributed by atoms with van der Waals surface area (Å²) in [4.78, 5) is 12.0. The van der Waals surface area contributed by atoms with E-state index in [-0.39, 0.29) is 24.0 Å². The Morgan fingerprint density at radius 2 is 2.27 bits per heavy atom. The number of nitrogens with zero attached hydrogens (tertiary/aromatic N) is 4. The molecule has 8 heteroatoms. The molecule has 0 saturated heterocycles. The smallest absolute Gasteiger partial charge is 0.194 e. The third-order valence-electron chi connectivity index (χ3n) is 3.30. The average molecular weight is 498 g/mol. The fourth-order valence-electron chi connectivity index (χ4n) is 2.08. The Balaban J connectivity index is 0.00000242. The van der Waals surface area contributed by atoms with Gasteiger partial charge in [-0.1, -0.05) is 0 Å². The van der Waals surface area contributed by atoms with Gasteiger partial charge >= 0.3 is 0 Å². The number of hydrogen-bond acceptors (Lipinski definition) is 3. The third kappa shape index (κ3) is 4.95. The molecule has 0 unspecified atom stereocenters. The summed E-state index contributed by atoms with van der Waals surface area (Å²) in [5.74, 6) is 0.875. The number of nitrogens with one attached hydrogen (secondary N) is 1. The van der Waals surface area contributed by atoms with Gasteiger partial charge in [0.2, 0.25) is 0 Å². The fourth-order valence-corrected chi connectivity index (χ4v) is 3.37. The SMILES string of the molecule is CN=C(NCc1scnc1C)N(C)Cc1cc(Br)cn1C.I. The van der Waals surface area contributed by atoms with Crippen LogP contribution in [0.1, 0.15) is 16.3 Å². The van der Waals surface area contributed by atoms with Gasteiger partial charge in [-0.2, -0.15) is 0 Å². The first-order valence-electron chi connectivity index (χ1n) is 6.62. The highest BCUT2D eigenvalue weighted by Crippen LogP contribution is 2.15. The predicted molar refractivity (Wildman–Crippen MR) is 107 cm³/mol. The molecular formula is C14H21BrIN5S. The highest BCUT2D eigenvalue weighted by Gasteiger charge is 2.10. The molecule has 0 aliphatic heterocycles. The molecule has 0 aliphatic rings. The van der Waals surface area contributed by atoms with Crippen molar-refractivity contribution in [2.75, 3.05) is 14.1 Å². The van der Waals surface area contributed by atoms with Gasteiger partial charge in [0, 0.05) is 42.4 Å². The number of aryl methyl sites for hydroxylation is 2. The highest BCUT2D eigenvalue weighted by atomic mass is 127. The summed E-state index contributed by atoms with van der Waals surface area (Å²) in [5.41, 5.74) is 4.18. The summed E-state index contributed by atoms with van der Waals surface area (Å²) in [6.45, 7) is 3.58. The van der Waals surface area contributed by atoms with Crippen LogP contribution in [0.4, 0.5) is 0 Å². The number of guanidine groups is 1. The van der Waals surface area contributed by atoms with Crippen molar-refractivity contribution < 1.29 is 0 Å². The van der Waals surface area contributed by atoms with Crippen LogP contribution in [0.3, 0.4) is 0 Å². The third-order valence-corrected chi connectivity index (χ3v) is 4.67. The van der Waals surface area contributed by atoms with Crippen molar-refractivity contribution in [1.82, 2.24) is 19.8 Å². The molecular weight excluding hydrogens is 477 g/mol. The molecule has 0 bridgehead atoms. The minimum Gasteiger partial charge on any atom is -0.352 e. The van der Waals surface area contributed by atoms with Crippen molar-refractivity contribution in [2.45, 2.75) is 20.0 Å². The molecule has 2 aromatic heterocycles. The lowest BCUT2D eigenvalue weighted by molar-refractivity contribution is 0.462. The van der Waals surface area contributed by atoms with E-state index in [2.05, 4.69) is 53.0 Å². The van der Waals surface area contributed by atoms with Gasteiger partial charge in [-0.3, -0.25) is 4.99 Å². The summed E-state index contributed by atoms with van der Waals surface area (Å²) in [6, 6.07) is 2.12. The van der Waals surface area contributed by atoms with Crippen molar-refractivity contribution in [3.8, 4) is 0 Å². The molecule has 2 heterocycles. The molecule has 122 valence electrons. The normalized spacial score (nSPS) is 11.2. The van der Waals surface area contributed by atoms with Gasteiger partial charge in [0.15, 0.2) is 5.96 Å². The minimum absolute atomic E-state index is 0. The molecule has 0 atom stereocenters. The van der Waals surface area contributed by atoms with Crippen LogP contribution in [0.15, 0.2) is 27.2 Å². The van der Waals surface area contributed by atoms with E-state index in [1.807, 2.05) is 26.5 Å². The second kappa shape index (κ2) is 8.88. The zero-order chi connectivity index (χ0) is 15.4. The predicted octanol–water partition coefficient (Wildman–Crippen LogP) is 3.38. The van der Waals surface area contributed by atoms with Crippen LogP contribution in [-0.2, 0) is 20.1 Å². The van der Waals surface area contributed by atoms with Crippen molar-refractivity contribution in [3.63, 3.8) is 0 Å². The van der Waals surface area contributed by atoms with Crippen molar-refractivity contribution in [3.05, 3.63) is 38.5 Å². The Bertz CT molecular complexity index is 637. The van der Waals surface area contributed by atoms with E-state index in [9.17, 15) is 0 Å². The topological polar surface area (TPSA) is 45.5 Å². The first-order valence-corrected chi connectivity index (χ1v) is 8.30. The Morgan fingerprint density at radius 1 is 1.55 bits per heavy atom. The van der Waals surface area contributed by atoms with E-state index in [1.54, 1.807) is 18.4 Å². The van der Waals surface area contributed by atoms with Gasteiger partial charge in [0.1, 0.15) is 0 Å². The second-order valence-corrected chi connectivity index (χ2v) is 6.73. The summed E-state index contributed by atoms with van der Waals surface area (Å²) in [5, 5.41) is 3.38. The number of thiazole rings is 1. The van der Waals surface area contributed by atoms with Crippen LogP contribution >= 0.6 is 51.2 Å². The van der Waals surface area contributed by atoms with Crippen LogP contribution < -0.4 is 5.32 Å². The Kier molecular flexibility index (Phi) is 7.84. The van der Waals surface area contributed by atoms with Gasteiger partial charge in [-0.25, -0.2) is 4.98 Å². The van der Waals surface area contributed by atoms with E-state index in [0.717, 1.165) is 29.2 Å². The van der Waals surface area contributed by atoms with Gasteiger partial charge in [-0.15, -0.1) is 35.3 Å². The molecule has 0 aromatic carbocycles. The molecule has 2 aromatic rings. The maximum atomic E-state index is 4.34. The monoisotopic (exact) mass is 497 g/mol. The van der Waals surface area contributed by atoms with Gasteiger partial charge in [0.25, 0.3) is 0 Å². The van der Waals surface area contributed by atoms with Crippen LogP contribution in [-0.4, -0.2) is 34.5 Å². The van der Waals surface area contributed by atoms with Gasteiger partial charge in [0.05, 0.1) is 24.3 Å². The largest absolute Gasteiger partial charge is 0.352 e. The summed E-state index contributed by atoms with van der Waals surface area (Å²) >= 11 is 5.17. The number of aliphatic imine (C=N–C) groups is 1. The number of rotatable bonds is 4. The minimum atomic E-state index is 0. The van der Waals surface area contributed by atoms with Gasteiger partial charge < -0.3 is 14.8 Å². The molecule has 1 N–H and O–H groups in total. The first-order chi connectivity index (χ1) is 10.0. The Hall–Kier alpha value is -0.610. The van der Waals surface area contributed by atoms with E-state index < -0.39 is 0 Å². The highest BCUT2D eigenvalue weighted by molar-refractivity contribution is 14.0. The molecule has 0 fully saturated rings. The molecule has 2 rings (SSSR count). The summed E-state index contributed by atoms with van der Waals surface area (Å²) in [6.07, 6.45) is 2.06. The standard InChI is InChI=1S/C14H20BrN5S.HI/c1-10-13(21-9-18-10)6-17-14(16-2)20(4)8-12-5-11(15)7-19(12)3;/h5,7,9H,6,8H2,1-4H3,(H,16,17);1H. The molecule has 5 nitrogen and oxygen atoms in total. The molecule has 0 spiro atoms. The first kappa shape index (κ1) is 19.4. The molecule has 0 amide bonds. The van der Waals surface area contributed by atoms with E-state index in [1.165, 1.54) is 10.6 Å². The average Bonchev–Trinajstić information content (AvgIpc) is 2.97. The maximum absolute atomic E-state index is 4.34. The van der Waals surface area contributed by atoms with Crippen molar-refractivity contribution >= 4 is 57.2 Å². The van der Waals surface area contributed by atoms with Gasteiger partial charge in [-0.05, 0) is 28.9 Å². The van der Waals surface area contributed by atoms with E-state index in [0.29, 0.717) is 0 Å². The lowest BCUT2D eigenvalue weighted by Gasteiger charge is -2.22. The maximum Gasteiger partial charge on any atom is 0.194 e. The quantitative estimate of drug-likeness (QED) is 0.400. The van der Waals surface area contributed by atoms with Crippen LogP contribution in [0.25, 0.3) is 0 Å². The fraction of sp³-hybridized carbons (Fsp3) is 0.429. The molecule has 0 radical (unpaired) electrons. The molecule has 22 heavy (non-hydrogen) atoms. The molecule has 0 saturated carbocycles. The van der Waals surface area contributed by atoms with Crippen molar-refractivity contribution in [2.24, 2.45) is 12.0 Å². The lowest BCUT2D eigenvalue weighted by Crippen LogP contribution is -2.38. The number of hydrogen-bond donors (Lipinski definition) is 1. The van der Waals surface area contributed by atoms with Crippen LogP contribution in [0.5, 0.6) is 0 Å². The van der Waals surface area contributed by atoms with Crippen LogP contribution in [0.2, 0.25) is 0 Å².